The van der Waals surface area contributed by atoms with Crippen molar-refractivity contribution in [2.24, 2.45) is 0 Å². The van der Waals surface area contributed by atoms with Crippen LogP contribution in [0.25, 0.3) is 0 Å². The van der Waals surface area contributed by atoms with Crippen LogP contribution in [0.5, 0.6) is 0 Å². The van der Waals surface area contributed by atoms with Crippen LogP contribution in [0.1, 0.15) is 42.2 Å². The summed E-state index contributed by atoms with van der Waals surface area (Å²) in [4.78, 5) is 18.7. The molecule has 176 valence electrons. The van der Waals surface area contributed by atoms with Crippen LogP contribution in [0.2, 0.25) is 0 Å². The molecule has 0 aromatic carbocycles. The molecule has 3 aliphatic heterocycles. The smallest absolute Gasteiger partial charge is 0.383 e. The summed E-state index contributed by atoms with van der Waals surface area (Å²) in [6, 6.07) is 5.07. The number of alkyl halides is 3. The van der Waals surface area contributed by atoms with Crippen molar-refractivity contribution in [3.8, 4) is 0 Å². The first kappa shape index (κ1) is 21.9. The molecule has 5 rings (SSSR count). The highest BCUT2D eigenvalue weighted by Gasteiger charge is 2.51. The van der Waals surface area contributed by atoms with Crippen LogP contribution < -0.4 is 16.6 Å². The van der Waals surface area contributed by atoms with Gasteiger partial charge in [0.05, 0.1) is 36.5 Å². The van der Waals surface area contributed by atoms with Gasteiger partial charge in [-0.3, -0.25) is 4.79 Å². The second kappa shape index (κ2) is 7.86. The van der Waals surface area contributed by atoms with E-state index >= 15 is 0 Å². The van der Waals surface area contributed by atoms with E-state index in [4.69, 9.17) is 10.5 Å². The molecule has 2 aromatic heterocycles. The van der Waals surface area contributed by atoms with E-state index in [-0.39, 0.29) is 11.6 Å². The van der Waals surface area contributed by atoms with Crippen molar-refractivity contribution in [1.82, 2.24) is 25.3 Å². The van der Waals surface area contributed by atoms with Crippen LogP contribution in [0.3, 0.4) is 0 Å². The Labute approximate surface area is 188 Å². The maximum Gasteiger partial charge on any atom is 0.419 e. The number of rotatable bonds is 3. The molecule has 0 saturated carbocycles. The number of hydrazine groups is 1. The first-order chi connectivity index (χ1) is 15.7. The molecular formula is C22H25F3N6O2. The van der Waals surface area contributed by atoms with Gasteiger partial charge in [-0.1, -0.05) is 6.07 Å². The van der Waals surface area contributed by atoms with Crippen LogP contribution in [-0.2, 0) is 10.9 Å². The molecule has 0 radical (unpaired) electrons. The number of fused-ring (bicyclic) bond motifs is 2. The van der Waals surface area contributed by atoms with Crippen molar-refractivity contribution in [1.29, 1.82) is 0 Å². The summed E-state index contributed by atoms with van der Waals surface area (Å²) in [5.41, 5.74) is 5.75. The van der Waals surface area contributed by atoms with E-state index in [0.717, 1.165) is 24.7 Å². The predicted octanol–water partition coefficient (Wildman–Crippen LogP) is 2.35. The highest BCUT2D eigenvalue weighted by atomic mass is 19.4. The van der Waals surface area contributed by atoms with Crippen LogP contribution in [0.15, 0.2) is 47.0 Å². The highest BCUT2D eigenvalue weighted by molar-refractivity contribution is 5.45. The Bertz CT molecular complexity index is 1140. The van der Waals surface area contributed by atoms with E-state index in [9.17, 15) is 18.0 Å². The number of aromatic nitrogens is 2. The Morgan fingerprint density at radius 3 is 2.88 bits per heavy atom. The van der Waals surface area contributed by atoms with Gasteiger partial charge in [-0.25, -0.2) is 9.99 Å². The molecule has 2 fully saturated rings. The van der Waals surface area contributed by atoms with Crippen molar-refractivity contribution in [2.45, 2.75) is 37.2 Å². The second-order valence-corrected chi connectivity index (χ2v) is 8.61. The Balaban J connectivity index is 1.63. The van der Waals surface area contributed by atoms with Gasteiger partial charge < -0.3 is 25.8 Å². The molecule has 3 aliphatic rings. The number of pyridine rings is 2. The number of ether oxygens (including phenoxy) is 1. The second-order valence-electron chi connectivity index (χ2n) is 8.61. The van der Waals surface area contributed by atoms with Crippen molar-refractivity contribution in [3.05, 3.63) is 69.4 Å². The van der Waals surface area contributed by atoms with Crippen LogP contribution in [0, 0.1) is 0 Å². The largest absolute Gasteiger partial charge is 0.419 e. The van der Waals surface area contributed by atoms with E-state index < -0.39 is 29.2 Å². The first-order valence-corrected chi connectivity index (χ1v) is 10.8. The van der Waals surface area contributed by atoms with Crippen molar-refractivity contribution in [2.75, 3.05) is 32.0 Å². The average molecular weight is 462 g/mol. The summed E-state index contributed by atoms with van der Waals surface area (Å²) in [5.74, 6) is -0.554. The summed E-state index contributed by atoms with van der Waals surface area (Å²) in [7, 11) is 0. The van der Waals surface area contributed by atoms with Crippen LogP contribution in [0.4, 0.5) is 19.0 Å². The highest BCUT2D eigenvalue weighted by Crippen LogP contribution is 2.47. The maximum absolute atomic E-state index is 13.6. The fourth-order valence-electron chi connectivity index (χ4n) is 5.05. The van der Waals surface area contributed by atoms with Gasteiger partial charge in [0, 0.05) is 24.5 Å². The normalized spacial score (nSPS) is 26.5. The van der Waals surface area contributed by atoms with Gasteiger partial charge in [-0.05, 0) is 43.7 Å². The lowest BCUT2D eigenvalue weighted by molar-refractivity contribution is -0.137. The summed E-state index contributed by atoms with van der Waals surface area (Å²) >= 11 is 0. The minimum Gasteiger partial charge on any atom is -0.383 e. The van der Waals surface area contributed by atoms with Gasteiger partial charge in [-0.15, -0.1) is 0 Å². The number of halogens is 3. The summed E-state index contributed by atoms with van der Waals surface area (Å²) in [5, 5.41) is 7.41. The van der Waals surface area contributed by atoms with Crippen molar-refractivity contribution < 1.29 is 17.9 Å². The number of aromatic amines is 1. The molecule has 8 nitrogen and oxygen atoms in total. The van der Waals surface area contributed by atoms with Gasteiger partial charge in [0.15, 0.2) is 0 Å². The van der Waals surface area contributed by atoms with E-state index in [0.29, 0.717) is 31.0 Å². The number of nitrogens with one attached hydrogen (secondary N) is 2. The topological polar surface area (TPSA) is 99.5 Å². The molecule has 4 N–H and O–H groups in total. The standard InChI is InChI=1S/C22H25F3N6O2/c1-13(16-3-2-4-19(32)29-16)31-17(14-9-15(22(23,24)25)20(26)28-11-14)10-18-21(5-6-27-12-21)33-8-7-30(18)31/h2-4,9-11,13,17,27H,5-8,12H2,1H3,(H2,26,28)(H,29,32)/t13?,17?,21-/m1/s1. The number of anilines is 1. The molecule has 2 saturated heterocycles. The van der Waals surface area contributed by atoms with Crippen molar-refractivity contribution in [3.63, 3.8) is 0 Å². The number of morpholine rings is 1. The third-order valence-corrected chi connectivity index (χ3v) is 6.65. The number of nitrogen functional groups attached to an aromatic ring is 1. The van der Waals surface area contributed by atoms with E-state index in [1.54, 1.807) is 12.1 Å². The average Bonchev–Trinajstić information content (AvgIpc) is 3.39. The van der Waals surface area contributed by atoms with Crippen molar-refractivity contribution >= 4 is 5.82 Å². The Morgan fingerprint density at radius 1 is 1.36 bits per heavy atom. The molecule has 3 atom stereocenters. The molecular weight excluding hydrogens is 437 g/mol. The molecule has 0 amide bonds. The lowest BCUT2D eigenvalue weighted by Gasteiger charge is -2.47. The molecule has 0 aliphatic carbocycles. The SMILES string of the molecule is CC(c1cccc(=O)[nH]1)N1C(c2cnc(N)c(C(F)(F)F)c2)C=C2N1CCO[C@@]21CCNC1. The number of H-pyrrole nitrogens is 1. The Kier molecular flexibility index (Phi) is 5.22. The van der Waals surface area contributed by atoms with Gasteiger partial charge in [0.25, 0.3) is 0 Å². The third-order valence-electron chi connectivity index (χ3n) is 6.65. The lowest BCUT2D eigenvalue weighted by Crippen LogP contribution is -2.54. The molecule has 2 unspecified atom stereocenters. The molecule has 0 bridgehead atoms. The van der Waals surface area contributed by atoms with E-state index in [2.05, 4.69) is 20.3 Å². The quantitative estimate of drug-likeness (QED) is 0.644. The zero-order valence-corrected chi connectivity index (χ0v) is 18.0. The zero-order chi connectivity index (χ0) is 23.4. The van der Waals surface area contributed by atoms with Crippen LogP contribution >= 0.6 is 0 Å². The minimum atomic E-state index is -4.62. The molecule has 1 spiro atoms. The van der Waals surface area contributed by atoms with E-state index in [1.807, 2.05) is 18.0 Å². The van der Waals surface area contributed by atoms with Crippen LogP contribution in [-0.4, -0.2) is 51.8 Å². The van der Waals surface area contributed by atoms with Gasteiger partial charge in [-0.2, -0.15) is 13.2 Å². The Hall–Kier alpha value is -2.89. The first-order valence-electron chi connectivity index (χ1n) is 10.8. The summed E-state index contributed by atoms with van der Waals surface area (Å²) in [6.45, 7) is 4.35. The molecule has 33 heavy (non-hydrogen) atoms. The molecule has 5 heterocycles. The molecule has 2 aromatic rings. The zero-order valence-electron chi connectivity index (χ0n) is 18.0. The predicted molar refractivity (Wildman–Crippen MR) is 115 cm³/mol. The number of hydrogen-bond acceptors (Lipinski definition) is 7. The minimum absolute atomic E-state index is 0.241. The fraction of sp³-hybridized carbons (Fsp3) is 0.455. The number of hydrogen-bond donors (Lipinski definition) is 3. The molecule has 11 heteroatoms. The fourth-order valence-corrected chi connectivity index (χ4v) is 5.05. The monoisotopic (exact) mass is 462 g/mol. The number of nitrogens with zero attached hydrogens (tertiary/aromatic N) is 3. The lowest BCUT2D eigenvalue weighted by atomic mass is 9.95. The van der Waals surface area contributed by atoms with Gasteiger partial charge >= 0.3 is 6.18 Å². The Morgan fingerprint density at radius 2 is 2.18 bits per heavy atom. The summed E-state index contributed by atoms with van der Waals surface area (Å²) < 4.78 is 47.0. The van der Waals surface area contributed by atoms with Gasteiger partial charge in [0.2, 0.25) is 5.56 Å². The maximum atomic E-state index is 13.6. The number of nitrogens with two attached hydrogens (primary N) is 1. The third kappa shape index (κ3) is 3.69. The van der Waals surface area contributed by atoms with Gasteiger partial charge in [0.1, 0.15) is 11.4 Å². The summed E-state index contributed by atoms with van der Waals surface area (Å²) in [6.07, 6.45) is -0.511. The van der Waals surface area contributed by atoms with E-state index in [1.165, 1.54) is 12.3 Å².